The summed E-state index contributed by atoms with van der Waals surface area (Å²) < 4.78 is 46.1. The molecule has 26 heavy (non-hydrogen) atoms. The molecule has 0 radical (unpaired) electrons. The molecule has 0 saturated carbocycles. The van der Waals surface area contributed by atoms with Gasteiger partial charge in [-0.3, -0.25) is 0 Å². The number of hydrogen-bond acceptors (Lipinski definition) is 3. The largest absolute Gasteiger partial charge is 0.456 e. The predicted molar refractivity (Wildman–Crippen MR) is 105 cm³/mol. The van der Waals surface area contributed by atoms with E-state index in [2.05, 4.69) is 9.97 Å². The fraction of sp³-hybridized carbons (Fsp3) is 0.0435. The topological polar surface area (TPSA) is 38.9 Å². The Labute approximate surface area is 158 Å². The van der Waals surface area contributed by atoms with Gasteiger partial charge in [0, 0.05) is 27.6 Å². The highest BCUT2D eigenvalue weighted by Crippen LogP contribution is 2.31. The van der Waals surface area contributed by atoms with Crippen molar-refractivity contribution in [2.75, 3.05) is 0 Å². The SMILES string of the molecule is [2H]c1c([2H])c([2H])c(-c2cc(C)nc(-c3ccc4c(c3)oc3ccccc34)n2)c([2H])c1[2H]. The molecule has 2 aromatic heterocycles. The van der Waals surface area contributed by atoms with Gasteiger partial charge in [-0.2, -0.15) is 0 Å². The summed E-state index contributed by atoms with van der Waals surface area (Å²) in [5.74, 6) is 0.393. The van der Waals surface area contributed by atoms with E-state index in [4.69, 9.17) is 11.3 Å². The van der Waals surface area contributed by atoms with Crippen LogP contribution in [0.2, 0.25) is 0 Å². The average Bonchev–Trinajstić information content (AvgIpc) is 3.14. The van der Waals surface area contributed by atoms with Gasteiger partial charge in [0.15, 0.2) is 5.82 Å². The van der Waals surface area contributed by atoms with Gasteiger partial charge in [-0.25, -0.2) is 9.97 Å². The lowest BCUT2D eigenvalue weighted by atomic mass is 10.1. The Kier molecular flexibility index (Phi) is 2.35. The number of rotatable bonds is 2. The van der Waals surface area contributed by atoms with Crippen molar-refractivity contribution >= 4 is 21.9 Å². The highest BCUT2D eigenvalue weighted by atomic mass is 16.3. The average molecular weight is 341 g/mol. The Balaban J connectivity index is 1.71. The summed E-state index contributed by atoms with van der Waals surface area (Å²) in [6, 6.07) is 13.3. The lowest BCUT2D eigenvalue weighted by molar-refractivity contribution is 0.669. The number of hydrogen-bond donors (Lipinski definition) is 0. The van der Waals surface area contributed by atoms with E-state index in [1.807, 2.05) is 42.5 Å². The molecule has 3 nitrogen and oxygen atoms in total. The first-order chi connectivity index (χ1) is 14.8. The third-order valence-electron chi connectivity index (χ3n) is 4.25. The Morgan fingerprint density at radius 3 is 2.50 bits per heavy atom. The first-order valence-corrected chi connectivity index (χ1v) is 8.20. The van der Waals surface area contributed by atoms with Crippen LogP contribution in [0.25, 0.3) is 44.6 Å². The molecule has 3 aromatic carbocycles. The van der Waals surface area contributed by atoms with Crippen LogP contribution >= 0.6 is 0 Å². The van der Waals surface area contributed by atoms with Crippen LogP contribution < -0.4 is 0 Å². The van der Waals surface area contributed by atoms with Gasteiger partial charge in [0.2, 0.25) is 0 Å². The van der Waals surface area contributed by atoms with E-state index < -0.39 is 18.1 Å². The molecule has 0 aliphatic rings. The maximum Gasteiger partial charge on any atom is 0.160 e. The van der Waals surface area contributed by atoms with E-state index in [0.717, 1.165) is 16.4 Å². The standard InChI is InChI=1S/C23H16N2O/c1-15-13-20(16-7-3-2-4-8-16)25-23(24-15)17-11-12-19-18-9-5-6-10-21(18)26-22(19)14-17/h2-14H,1H3/i2D,3D,4D,7D,8D. The van der Waals surface area contributed by atoms with E-state index in [-0.39, 0.29) is 23.3 Å². The van der Waals surface area contributed by atoms with Crippen molar-refractivity contribution in [1.29, 1.82) is 0 Å². The van der Waals surface area contributed by atoms with Crippen molar-refractivity contribution in [3.05, 3.63) is 84.4 Å². The van der Waals surface area contributed by atoms with Gasteiger partial charge in [0.05, 0.1) is 12.5 Å². The summed E-state index contributed by atoms with van der Waals surface area (Å²) in [7, 11) is 0. The number of fused-ring (bicyclic) bond motifs is 3. The molecule has 0 atom stereocenters. The summed E-state index contributed by atoms with van der Waals surface area (Å²) in [4.78, 5) is 9.05. The van der Waals surface area contributed by atoms with Crippen molar-refractivity contribution < 1.29 is 11.3 Å². The van der Waals surface area contributed by atoms with Gasteiger partial charge < -0.3 is 4.42 Å². The third kappa shape index (κ3) is 2.45. The first-order valence-electron chi connectivity index (χ1n) is 10.7. The lowest BCUT2D eigenvalue weighted by Crippen LogP contribution is -1.94. The van der Waals surface area contributed by atoms with Crippen molar-refractivity contribution in [1.82, 2.24) is 9.97 Å². The Bertz CT molecular complexity index is 1480. The zero-order chi connectivity index (χ0) is 21.9. The highest BCUT2D eigenvalue weighted by molar-refractivity contribution is 6.05. The minimum absolute atomic E-state index is 0.0579. The quantitative estimate of drug-likeness (QED) is 0.394. The van der Waals surface area contributed by atoms with Crippen LogP contribution in [0.15, 0.2) is 83.2 Å². The summed E-state index contributed by atoms with van der Waals surface area (Å²) in [5, 5.41) is 2.01. The molecule has 5 rings (SSSR count). The number of nitrogens with zero attached hydrogens (tertiary/aromatic N) is 2. The van der Waals surface area contributed by atoms with E-state index in [1.165, 1.54) is 0 Å². The van der Waals surface area contributed by atoms with Gasteiger partial charge in [0.1, 0.15) is 11.2 Å². The first kappa shape index (κ1) is 10.5. The Morgan fingerprint density at radius 1 is 0.808 bits per heavy atom. The molecule has 0 fully saturated rings. The van der Waals surface area contributed by atoms with Gasteiger partial charge in [-0.1, -0.05) is 54.5 Å². The molecule has 3 heteroatoms. The lowest BCUT2D eigenvalue weighted by Gasteiger charge is -2.06. The molecule has 0 aliphatic heterocycles. The second-order valence-corrected chi connectivity index (χ2v) is 6.03. The molecule has 124 valence electrons. The third-order valence-corrected chi connectivity index (χ3v) is 4.25. The number of aryl methyl sites for hydroxylation is 1. The maximum absolute atomic E-state index is 8.24. The minimum Gasteiger partial charge on any atom is -0.456 e. The van der Waals surface area contributed by atoms with E-state index in [1.54, 1.807) is 13.0 Å². The van der Waals surface area contributed by atoms with Gasteiger partial charge in [-0.05, 0) is 31.2 Å². The molecule has 0 bridgehead atoms. The molecule has 0 aliphatic carbocycles. The van der Waals surface area contributed by atoms with Crippen LogP contribution in [0, 0.1) is 6.92 Å². The monoisotopic (exact) mass is 341 g/mol. The van der Waals surface area contributed by atoms with Crippen LogP contribution in [0.4, 0.5) is 0 Å². The summed E-state index contributed by atoms with van der Waals surface area (Å²) in [5.41, 5.74) is 3.17. The van der Waals surface area contributed by atoms with E-state index in [9.17, 15) is 0 Å². The molecule has 0 spiro atoms. The summed E-state index contributed by atoms with van der Waals surface area (Å²) >= 11 is 0. The molecule has 0 unspecified atom stereocenters. The molecule has 0 N–H and O–H groups in total. The molecule has 0 saturated heterocycles. The van der Waals surface area contributed by atoms with E-state index >= 15 is 0 Å². The molecular weight excluding hydrogens is 320 g/mol. The van der Waals surface area contributed by atoms with E-state index in [0.29, 0.717) is 22.7 Å². The van der Waals surface area contributed by atoms with Crippen molar-refractivity contribution in [3.63, 3.8) is 0 Å². The Hall–Kier alpha value is -3.46. The van der Waals surface area contributed by atoms with Crippen molar-refractivity contribution in [2.45, 2.75) is 6.92 Å². The Morgan fingerprint density at radius 2 is 1.62 bits per heavy atom. The molecular formula is C23H16N2O. The van der Waals surface area contributed by atoms with Crippen LogP contribution in [0.3, 0.4) is 0 Å². The highest BCUT2D eigenvalue weighted by Gasteiger charge is 2.11. The van der Waals surface area contributed by atoms with Crippen LogP contribution in [0.5, 0.6) is 0 Å². The number of para-hydroxylation sites is 1. The summed E-state index contributed by atoms with van der Waals surface area (Å²) in [6.45, 7) is 1.78. The van der Waals surface area contributed by atoms with Crippen LogP contribution in [-0.2, 0) is 0 Å². The van der Waals surface area contributed by atoms with Crippen molar-refractivity contribution in [2.24, 2.45) is 0 Å². The number of furan rings is 1. The predicted octanol–water partition coefficient (Wildman–Crippen LogP) is 6.02. The van der Waals surface area contributed by atoms with Crippen LogP contribution in [0.1, 0.15) is 12.5 Å². The number of aromatic nitrogens is 2. The normalized spacial score (nSPS) is 14.0. The van der Waals surface area contributed by atoms with Crippen LogP contribution in [-0.4, -0.2) is 9.97 Å². The zero-order valence-electron chi connectivity index (χ0n) is 18.9. The number of benzene rings is 3. The van der Waals surface area contributed by atoms with Gasteiger partial charge in [-0.15, -0.1) is 0 Å². The fourth-order valence-corrected chi connectivity index (χ4v) is 3.07. The molecule has 0 amide bonds. The van der Waals surface area contributed by atoms with Crippen molar-refractivity contribution in [3.8, 4) is 22.6 Å². The zero-order valence-corrected chi connectivity index (χ0v) is 13.9. The smallest absolute Gasteiger partial charge is 0.160 e. The second-order valence-electron chi connectivity index (χ2n) is 6.03. The fourth-order valence-electron chi connectivity index (χ4n) is 3.07. The summed E-state index contributed by atoms with van der Waals surface area (Å²) in [6.07, 6.45) is 0. The maximum atomic E-state index is 8.24. The van der Waals surface area contributed by atoms with Gasteiger partial charge in [0.25, 0.3) is 0 Å². The minimum atomic E-state index is -0.430. The van der Waals surface area contributed by atoms with Gasteiger partial charge >= 0.3 is 0 Å². The molecule has 2 heterocycles. The second kappa shape index (κ2) is 5.81. The molecule has 5 aromatic rings.